The molecule has 1 heterocycles. The number of benzene rings is 1. The summed E-state index contributed by atoms with van der Waals surface area (Å²) in [4.78, 5) is 14.5. The maximum atomic E-state index is 10.6. The fraction of sp³-hybridized carbons (Fsp3) is 0. The highest BCUT2D eigenvalue weighted by Gasteiger charge is 2.06. The van der Waals surface area contributed by atoms with Gasteiger partial charge in [-0.2, -0.15) is 0 Å². The van der Waals surface area contributed by atoms with Crippen LogP contribution in [0.25, 0.3) is 11.1 Å². The van der Waals surface area contributed by atoms with Gasteiger partial charge in [0, 0.05) is 21.8 Å². The van der Waals surface area contributed by atoms with Crippen LogP contribution in [-0.2, 0) is 0 Å². The third kappa shape index (κ3) is 2.78. The molecule has 2 nitrogen and oxygen atoms in total. The van der Waals surface area contributed by atoms with Gasteiger partial charge in [0.15, 0.2) is 6.29 Å². The van der Waals surface area contributed by atoms with Crippen LogP contribution < -0.4 is 0 Å². The van der Waals surface area contributed by atoms with Crippen molar-refractivity contribution < 1.29 is 4.79 Å². The maximum Gasteiger partial charge on any atom is 0.169 e. The van der Waals surface area contributed by atoms with Crippen LogP contribution in [0.5, 0.6) is 0 Å². The van der Waals surface area contributed by atoms with E-state index in [2.05, 4.69) is 4.98 Å². The minimum atomic E-state index is 0.212. The van der Waals surface area contributed by atoms with Crippen molar-refractivity contribution in [3.63, 3.8) is 0 Å². The van der Waals surface area contributed by atoms with Crippen LogP contribution in [0, 0.1) is 0 Å². The average Bonchev–Trinajstić information content (AvgIpc) is 2.27. The number of hydrogen-bond acceptors (Lipinski definition) is 2. The van der Waals surface area contributed by atoms with Crippen molar-refractivity contribution in [2.75, 3.05) is 0 Å². The van der Waals surface area contributed by atoms with E-state index in [0.29, 0.717) is 21.4 Å². The molecule has 0 aliphatic rings. The van der Waals surface area contributed by atoms with Crippen LogP contribution in [-0.4, -0.2) is 11.3 Å². The summed E-state index contributed by atoms with van der Waals surface area (Å²) in [5.41, 5.74) is 1.77. The van der Waals surface area contributed by atoms with Crippen molar-refractivity contribution in [3.05, 3.63) is 51.2 Å². The third-order valence-corrected chi connectivity index (χ3v) is 2.92. The molecule has 0 bridgehead atoms. The van der Waals surface area contributed by atoms with Crippen molar-refractivity contribution in [2.45, 2.75) is 0 Å². The van der Waals surface area contributed by atoms with Gasteiger partial charge in [-0.3, -0.25) is 9.78 Å². The molecule has 0 saturated carbocycles. The molecule has 0 spiro atoms. The molecule has 0 amide bonds. The third-order valence-electron chi connectivity index (χ3n) is 2.18. The molecule has 0 unspecified atom stereocenters. The quantitative estimate of drug-likeness (QED) is 0.760. The van der Waals surface area contributed by atoms with Crippen molar-refractivity contribution in [3.8, 4) is 11.1 Å². The zero-order valence-electron chi connectivity index (χ0n) is 8.45. The number of hydrogen-bond donors (Lipinski definition) is 0. The predicted molar refractivity (Wildman–Crippen MR) is 70.1 cm³/mol. The Labute approximate surface area is 113 Å². The summed E-state index contributed by atoms with van der Waals surface area (Å²) in [5, 5.41) is 1.36. The largest absolute Gasteiger partial charge is 0.296 e. The fourth-order valence-electron chi connectivity index (χ4n) is 1.41. The Balaban J connectivity index is 2.53. The van der Waals surface area contributed by atoms with Gasteiger partial charge in [0.25, 0.3) is 0 Å². The summed E-state index contributed by atoms with van der Waals surface area (Å²) in [7, 11) is 0. The van der Waals surface area contributed by atoms with E-state index in [1.807, 2.05) is 0 Å². The smallest absolute Gasteiger partial charge is 0.169 e. The molecule has 0 fully saturated rings. The first-order chi connectivity index (χ1) is 8.10. The lowest BCUT2D eigenvalue weighted by Crippen LogP contribution is -1.89. The summed E-state index contributed by atoms with van der Waals surface area (Å²) in [5.74, 6) is 0. The molecule has 0 N–H and O–H groups in total. The molecular formula is C12H6Cl3NO. The van der Waals surface area contributed by atoms with Crippen LogP contribution in [0.4, 0.5) is 0 Å². The number of aromatic nitrogens is 1. The number of rotatable bonds is 2. The van der Waals surface area contributed by atoms with Crippen molar-refractivity contribution in [1.29, 1.82) is 0 Å². The van der Waals surface area contributed by atoms with E-state index in [4.69, 9.17) is 34.8 Å². The number of aldehydes is 1. The monoisotopic (exact) mass is 285 g/mol. The Kier molecular flexibility index (Phi) is 3.67. The van der Waals surface area contributed by atoms with Gasteiger partial charge in [-0.05, 0) is 29.8 Å². The number of halogens is 3. The van der Waals surface area contributed by atoms with Crippen molar-refractivity contribution >= 4 is 41.1 Å². The average molecular weight is 287 g/mol. The normalized spacial score (nSPS) is 10.3. The number of pyridine rings is 1. The molecule has 1 aromatic heterocycles. The second-order valence-corrected chi connectivity index (χ2v) is 4.65. The van der Waals surface area contributed by atoms with Gasteiger partial charge in [-0.15, -0.1) is 0 Å². The lowest BCUT2D eigenvalue weighted by Gasteiger charge is -2.04. The molecule has 86 valence electrons. The molecule has 17 heavy (non-hydrogen) atoms. The molecule has 1 aromatic carbocycles. The predicted octanol–water partition coefficient (Wildman–Crippen LogP) is 4.52. The fourth-order valence-corrected chi connectivity index (χ4v) is 2.15. The molecule has 2 aromatic rings. The maximum absolute atomic E-state index is 10.6. The van der Waals surface area contributed by atoms with E-state index in [1.165, 1.54) is 0 Å². The Hall–Kier alpha value is -1.09. The Morgan fingerprint density at radius 3 is 2.12 bits per heavy atom. The van der Waals surface area contributed by atoms with E-state index in [9.17, 15) is 4.79 Å². The molecule has 5 heteroatoms. The number of nitrogens with zero attached hydrogens (tertiary/aromatic N) is 1. The minimum Gasteiger partial charge on any atom is -0.296 e. The Morgan fingerprint density at radius 1 is 0.941 bits per heavy atom. The number of carbonyl (C=O) groups excluding carboxylic acids is 1. The SMILES string of the molecule is O=Cc1ncc(-c2cc(Cl)cc(Cl)c2)cc1Cl. The van der Waals surface area contributed by atoms with Crippen LogP contribution >= 0.6 is 34.8 Å². The molecule has 0 aliphatic carbocycles. The first-order valence-electron chi connectivity index (χ1n) is 4.67. The molecule has 2 rings (SSSR count). The standard InChI is InChI=1S/C12H6Cl3NO/c13-9-1-7(2-10(14)4-9)8-3-11(15)12(6-17)16-5-8/h1-6H. The van der Waals surface area contributed by atoms with Crippen molar-refractivity contribution in [1.82, 2.24) is 4.98 Å². The van der Waals surface area contributed by atoms with Gasteiger partial charge in [0.1, 0.15) is 5.69 Å². The van der Waals surface area contributed by atoms with Crippen LogP contribution in [0.1, 0.15) is 10.5 Å². The number of carbonyl (C=O) groups is 1. The van der Waals surface area contributed by atoms with Gasteiger partial charge in [0.05, 0.1) is 5.02 Å². The molecular weight excluding hydrogens is 280 g/mol. The second kappa shape index (κ2) is 5.05. The molecule has 0 radical (unpaired) electrons. The molecule has 0 atom stereocenters. The van der Waals surface area contributed by atoms with E-state index in [-0.39, 0.29) is 5.69 Å². The minimum absolute atomic E-state index is 0.212. The van der Waals surface area contributed by atoms with Gasteiger partial charge in [-0.25, -0.2) is 0 Å². The summed E-state index contributed by atoms with van der Waals surface area (Å²) < 4.78 is 0. The van der Waals surface area contributed by atoms with E-state index in [1.54, 1.807) is 30.5 Å². The van der Waals surface area contributed by atoms with Crippen LogP contribution in [0.3, 0.4) is 0 Å². The lowest BCUT2D eigenvalue weighted by molar-refractivity contribution is 0.111. The zero-order valence-corrected chi connectivity index (χ0v) is 10.7. The van der Waals surface area contributed by atoms with Gasteiger partial charge in [-0.1, -0.05) is 34.8 Å². The highest BCUT2D eigenvalue weighted by atomic mass is 35.5. The first-order valence-corrected chi connectivity index (χ1v) is 5.81. The van der Waals surface area contributed by atoms with E-state index < -0.39 is 0 Å². The van der Waals surface area contributed by atoms with E-state index >= 15 is 0 Å². The first kappa shape index (κ1) is 12.4. The van der Waals surface area contributed by atoms with Crippen LogP contribution in [0.15, 0.2) is 30.5 Å². The summed E-state index contributed by atoms with van der Waals surface area (Å²) >= 11 is 17.7. The van der Waals surface area contributed by atoms with Gasteiger partial charge in [0.2, 0.25) is 0 Å². The zero-order chi connectivity index (χ0) is 12.4. The van der Waals surface area contributed by atoms with Crippen LogP contribution in [0.2, 0.25) is 15.1 Å². The lowest BCUT2D eigenvalue weighted by atomic mass is 10.1. The molecule has 0 saturated heterocycles. The Bertz CT molecular complexity index is 564. The highest BCUT2D eigenvalue weighted by molar-refractivity contribution is 6.35. The summed E-state index contributed by atoms with van der Waals surface area (Å²) in [6.07, 6.45) is 2.16. The Morgan fingerprint density at radius 2 is 1.59 bits per heavy atom. The molecule has 0 aliphatic heterocycles. The van der Waals surface area contributed by atoms with Crippen molar-refractivity contribution in [2.24, 2.45) is 0 Å². The van der Waals surface area contributed by atoms with Gasteiger partial charge < -0.3 is 0 Å². The summed E-state index contributed by atoms with van der Waals surface area (Å²) in [6.45, 7) is 0. The highest BCUT2D eigenvalue weighted by Crippen LogP contribution is 2.28. The topological polar surface area (TPSA) is 30.0 Å². The van der Waals surface area contributed by atoms with Gasteiger partial charge >= 0.3 is 0 Å². The second-order valence-electron chi connectivity index (χ2n) is 3.37. The summed E-state index contributed by atoms with van der Waals surface area (Å²) in [6, 6.07) is 6.80. The van der Waals surface area contributed by atoms with E-state index in [0.717, 1.165) is 11.1 Å².